The third-order valence-electron chi connectivity index (χ3n) is 6.51. The summed E-state index contributed by atoms with van der Waals surface area (Å²) in [5, 5.41) is 0. The number of hydrogen-bond acceptors (Lipinski definition) is 4. The first kappa shape index (κ1) is 18.2. The molecule has 0 saturated carbocycles. The molecular formula is C23H25N3O3. The van der Waals surface area contributed by atoms with E-state index in [9.17, 15) is 9.59 Å². The molecule has 2 amide bonds. The molecule has 0 bridgehead atoms. The van der Waals surface area contributed by atoms with Crippen LogP contribution in [0.4, 0.5) is 5.69 Å². The average Bonchev–Trinajstić information content (AvgIpc) is 3.37. The van der Waals surface area contributed by atoms with Crippen molar-refractivity contribution in [1.82, 2.24) is 9.80 Å². The Morgan fingerprint density at radius 2 is 1.93 bits per heavy atom. The summed E-state index contributed by atoms with van der Waals surface area (Å²) in [5.74, 6) is 0.0397. The van der Waals surface area contributed by atoms with Gasteiger partial charge in [0, 0.05) is 38.3 Å². The maximum atomic E-state index is 13.3. The van der Waals surface area contributed by atoms with Crippen molar-refractivity contribution in [2.45, 2.75) is 30.7 Å². The number of anilines is 1. The van der Waals surface area contributed by atoms with Crippen LogP contribution in [0.5, 0.6) is 0 Å². The Hall–Kier alpha value is -2.86. The van der Waals surface area contributed by atoms with Gasteiger partial charge in [-0.25, -0.2) is 0 Å². The molecule has 0 aliphatic carbocycles. The molecule has 2 aromatic rings. The lowest BCUT2D eigenvalue weighted by Gasteiger charge is -2.33. The highest BCUT2D eigenvalue weighted by Crippen LogP contribution is 2.51. The fraction of sp³-hybridized carbons (Fsp3) is 0.391. The largest absolute Gasteiger partial charge is 0.378 e. The molecule has 3 atom stereocenters. The zero-order chi connectivity index (χ0) is 20.2. The molecule has 3 heterocycles. The van der Waals surface area contributed by atoms with Crippen molar-refractivity contribution in [1.29, 1.82) is 0 Å². The Labute approximate surface area is 170 Å². The summed E-state index contributed by atoms with van der Waals surface area (Å²) in [5.41, 5.74) is 2.03. The fourth-order valence-corrected chi connectivity index (χ4v) is 5.09. The van der Waals surface area contributed by atoms with Crippen LogP contribution in [0.3, 0.4) is 0 Å². The number of benzene rings is 2. The van der Waals surface area contributed by atoms with Gasteiger partial charge in [-0.15, -0.1) is 0 Å². The quantitative estimate of drug-likeness (QED) is 0.807. The summed E-state index contributed by atoms with van der Waals surface area (Å²) in [6, 6.07) is 17.3. The Morgan fingerprint density at radius 3 is 2.69 bits per heavy atom. The molecule has 150 valence electrons. The van der Waals surface area contributed by atoms with E-state index in [1.807, 2.05) is 83.4 Å². The zero-order valence-electron chi connectivity index (χ0n) is 16.7. The normalized spacial score (nSPS) is 27.9. The van der Waals surface area contributed by atoms with E-state index in [4.69, 9.17) is 4.74 Å². The molecule has 0 N–H and O–H groups in total. The zero-order valence-corrected chi connectivity index (χ0v) is 16.7. The van der Waals surface area contributed by atoms with Gasteiger partial charge in [-0.1, -0.05) is 36.4 Å². The summed E-state index contributed by atoms with van der Waals surface area (Å²) >= 11 is 0. The van der Waals surface area contributed by atoms with E-state index >= 15 is 0 Å². The van der Waals surface area contributed by atoms with Gasteiger partial charge in [0.2, 0.25) is 5.91 Å². The third kappa shape index (κ3) is 2.66. The number of likely N-dealkylation sites (tertiary alicyclic amines) is 1. The third-order valence-corrected chi connectivity index (χ3v) is 6.51. The number of carbonyl (C=O) groups is 2. The van der Waals surface area contributed by atoms with Crippen LogP contribution in [0.25, 0.3) is 0 Å². The second-order valence-electron chi connectivity index (χ2n) is 8.26. The van der Waals surface area contributed by atoms with E-state index < -0.39 is 5.72 Å². The van der Waals surface area contributed by atoms with Gasteiger partial charge in [-0.2, -0.15) is 0 Å². The molecule has 3 aliphatic rings. The standard InChI is InChI=1S/C23H25N3O3/c1-24(2)18-10-6-9-17(13-18)22(28)25-12-11-23-20(25)14-21(27)26(23)19(15-29-23)16-7-4-3-5-8-16/h3-10,13,19-20H,11-12,14-15H2,1-2H3/t19-,20+,23-/m0/s1. The van der Waals surface area contributed by atoms with Crippen molar-refractivity contribution < 1.29 is 14.3 Å². The highest BCUT2D eigenvalue weighted by molar-refractivity contribution is 5.96. The van der Waals surface area contributed by atoms with E-state index in [0.29, 0.717) is 31.6 Å². The summed E-state index contributed by atoms with van der Waals surface area (Å²) in [7, 11) is 3.91. The summed E-state index contributed by atoms with van der Waals surface area (Å²) in [6.45, 7) is 1.07. The van der Waals surface area contributed by atoms with Crippen LogP contribution in [-0.2, 0) is 9.53 Å². The average molecular weight is 391 g/mol. The molecule has 29 heavy (non-hydrogen) atoms. The Bertz CT molecular complexity index is 961. The van der Waals surface area contributed by atoms with E-state index in [-0.39, 0.29) is 23.9 Å². The lowest BCUT2D eigenvalue weighted by atomic mass is 10.0. The molecule has 3 fully saturated rings. The summed E-state index contributed by atoms with van der Waals surface area (Å²) in [4.78, 5) is 32.1. The molecular weight excluding hydrogens is 366 g/mol. The van der Waals surface area contributed by atoms with Crippen molar-refractivity contribution in [3.05, 3.63) is 65.7 Å². The first-order chi connectivity index (χ1) is 14.0. The predicted octanol–water partition coefficient (Wildman–Crippen LogP) is 2.67. The predicted molar refractivity (Wildman–Crippen MR) is 110 cm³/mol. The minimum atomic E-state index is -0.688. The highest BCUT2D eigenvalue weighted by atomic mass is 16.5. The van der Waals surface area contributed by atoms with Crippen LogP contribution in [-0.4, -0.2) is 60.6 Å². The van der Waals surface area contributed by atoms with Crippen LogP contribution < -0.4 is 4.90 Å². The number of rotatable bonds is 3. The Balaban J connectivity index is 1.44. The van der Waals surface area contributed by atoms with Gasteiger partial charge in [-0.3, -0.25) is 9.59 Å². The van der Waals surface area contributed by atoms with Gasteiger partial charge in [0.25, 0.3) is 5.91 Å². The second kappa shape index (κ2) is 6.59. The van der Waals surface area contributed by atoms with Gasteiger partial charge in [0.1, 0.15) is 0 Å². The van der Waals surface area contributed by atoms with Crippen molar-refractivity contribution in [3.63, 3.8) is 0 Å². The number of ether oxygens (including phenoxy) is 1. The lowest BCUT2D eigenvalue weighted by Crippen LogP contribution is -2.49. The van der Waals surface area contributed by atoms with Crippen molar-refractivity contribution in [2.24, 2.45) is 0 Å². The Morgan fingerprint density at radius 1 is 1.14 bits per heavy atom. The maximum Gasteiger partial charge on any atom is 0.254 e. The van der Waals surface area contributed by atoms with Gasteiger partial charge >= 0.3 is 0 Å². The molecule has 6 nitrogen and oxygen atoms in total. The van der Waals surface area contributed by atoms with Crippen molar-refractivity contribution in [2.75, 3.05) is 32.1 Å². The molecule has 3 aliphatic heterocycles. The summed E-state index contributed by atoms with van der Waals surface area (Å²) in [6.07, 6.45) is 0.980. The molecule has 1 spiro atoms. The minimum Gasteiger partial charge on any atom is -0.378 e. The van der Waals surface area contributed by atoms with Crippen LogP contribution in [0.1, 0.15) is 34.8 Å². The first-order valence-electron chi connectivity index (χ1n) is 10.1. The second-order valence-corrected chi connectivity index (χ2v) is 8.26. The van der Waals surface area contributed by atoms with Gasteiger partial charge in [0.15, 0.2) is 5.72 Å². The monoisotopic (exact) mass is 391 g/mol. The maximum absolute atomic E-state index is 13.3. The number of amides is 2. The van der Waals surface area contributed by atoms with E-state index in [0.717, 1.165) is 11.3 Å². The SMILES string of the molecule is CN(C)c1cccc(C(=O)N2CC[C@@]34OC[C@@H](c5ccccc5)N3C(=O)C[C@@H]24)c1. The van der Waals surface area contributed by atoms with Crippen LogP contribution in [0.2, 0.25) is 0 Å². The molecule has 2 aromatic carbocycles. The number of carbonyl (C=O) groups excluding carboxylic acids is 2. The lowest BCUT2D eigenvalue weighted by molar-refractivity contribution is -0.138. The molecule has 5 rings (SSSR count). The smallest absolute Gasteiger partial charge is 0.254 e. The van der Waals surface area contributed by atoms with Gasteiger partial charge in [-0.05, 0) is 23.8 Å². The van der Waals surface area contributed by atoms with Crippen LogP contribution >= 0.6 is 0 Å². The molecule has 6 heteroatoms. The first-order valence-corrected chi connectivity index (χ1v) is 10.1. The van der Waals surface area contributed by atoms with E-state index in [2.05, 4.69) is 0 Å². The molecule has 0 aromatic heterocycles. The molecule has 3 saturated heterocycles. The fourth-order valence-electron chi connectivity index (χ4n) is 5.09. The van der Waals surface area contributed by atoms with E-state index in [1.165, 1.54) is 0 Å². The van der Waals surface area contributed by atoms with Gasteiger partial charge in [0.05, 0.1) is 25.1 Å². The van der Waals surface area contributed by atoms with E-state index in [1.54, 1.807) is 0 Å². The molecule has 0 radical (unpaired) electrons. The van der Waals surface area contributed by atoms with Crippen molar-refractivity contribution >= 4 is 17.5 Å². The van der Waals surface area contributed by atoms with Crippen LogP contribution in [0.15, 0.2) is 54.6 Å². The summed E-state index contributed by atoms with van der Waals surface area (Å²) < 4.78 is 6.31. The number of hydrogen-bond donors (Lipinski definition) is 0. The van der Waals surface area contributed by atoms with Gasteiger partial charge < -0.3 is 19.4 Å². The number of nitrogens with zero attached hydrogens (tertiary/aromatic N) is 3. The Kier molecular flexibility index (Phi) is 4.13. The minimum absolute atomic E-state index is 0.0306. The van der Waals surface area contributed by atoms with Crippen molar-refractivity contribution in [3.8, 4) is 0 Å². The van der Waals surface area contributed by atoms with Crippen LogP contribution in [0, 0.1) is 0 Å². The highest BCUT2D eigenvalue weighted by Gasteiger charge is 2.65. The molecule has 0 unspecified atom stereocenters. The topological polar surface area (TPSA) is 53.1 Å².